The molecular formula is C14H19N5O3S. The summed E-state index contributed by atoms with van der Waals surface area (Å²) in [5.74, 6) is 0.0425. The number of anilines is 1. The highest BCUT2D eigenvalue weighted by Gasteiger charge is 2.13. The molecule has 8 nitrogen and oxygen atoms in total. The number of nitrogens with zero attached hydrogens (tertiary/aromatic N) is 4. The highest BCUT2D eigenvalue weighted by Crippen LogP contribution is 2.18. The van der Waals surface area contributed by atoms with Gasteiger partial charge in [0.25, 0.3) is 11.5 Å². The third-order valence-electron chi connectivity index (χ3n) is 2.88. The average Bonchev–Trinajstić information content (AvgIpc) is 2.92. The molecule has 9 heteroatoms. The zero-order chi connectivity index (χ0) is 16.8. The Labute approximate surface area is 137 Å². The number of rotatable bonds is 7. The minimum Gasteiger partial charge on any atom is -0.383 e. The fourth-order valence-electron chi connectivity index (χ4n) is 1.80. The number of nitrogens with one attached hydrogen (secondary N) is 1. The van der Waals surface area contributed by atoms with E-state index in [4.69, 9.17) is 4.74 Å². The molecule has 0 bridgehead atoms. The van der Waals surface area contributed by atoms with E-state index in [0.29, 0.717) is 17.7 Å². The standard InChI is InChI=1S/C14H19N5O3S/c1-9(2)8-11-16-17-14(23-11)15-13(21)10-4-5-12(20)19(18-10)6-7-22-3/h4-5,9H,6-8H2,1-3H3,(H,15,17,21). The summed E-state index contributed by atoms with van der Waals surface area (Å²) in [6, 6.07) is 2.69. The molecule has 23 heavy (non-hydrogen) atoms. The molecule has 1 N–H and O–H groups in total. The van der Waals surface area contributed by atoms with E-state index < -0.39 is 5.91 Å². The van der Waals surface area contributed by atoms with E-state index in [-0.39, 0.29) is 17.8 Å². The van der Waals surface area contributed by atoms with E-state index in [0.717, 1.165) is 11.4 Å². The van der Waals surface area contributed by atoms with Gasteiger partial charge in [0.2, 0.25) is 5.13 Å². The summed E-state index contributed by atoms with van der Waals surface area (Å²) in [5, 5.41) is 16.0. The lowest BCUT2D eigenvalue weighted by molar-refractivity contribution is 0.101. The van der Waals surface area contributed by atoms with Gasteiger partial charge in [0, 0.05) is 19.6 Å². The summed E-state index contributed by atoms with van der Waals surface area (Å²) < 4.78 is 6.11. The summed E-state index contributed by atoms with van der Waals surface area (Å²) >= 11 is 1.33. The highest BCUT2D eigenvalue weighted by molar-refractivity contribution is 7.15. The van der Waals surface area contributed by atoms with Gasteiger partial charge in [-0.25, -0.2) is 4.68 Å². The molecule has 0 aliphatic rings. The first-order chi connectivity index (χ1) is 11.0. The van der Waals surface area contributed by atoms with Crippen molar-refractivity contribution in [2.24, 2.45) is 5.92 Å². The van der Waals surface area contributed by atoms with E-state index in [2.05, 4.69) is 34.5 Å². The Hall–Kier alpha value is -2.13. The third kappa shape index (κ3) is 4.93. The molecule has 0 radical (unpaired) electrons. The van der Waals surface area contributed by atoms with Gasteiger partial charge in [0.15, 0.2) is 0 Å². The van der Waals surface area contributed by atoms with Crippen LogP contribution in [0.5, 0.6) is 0 Å². The molecule has 124 valence electrons. The van der Waals surface area contributed by atoms with E-state index in [1.54, 1.807) is 0 Å². The van der Waals surface area contributed by atoms with Crippen molar-refractivity contribution in [1.29, 1.82) is 0 Å². The highest BCUT2D eigenvalue weighted by atomic mass is 32.1. The van der Waals surface area contributed by atoms with Crippen LogP contribution < -0.4 is 10.9 Å². The molecule has 2 rings (SSSR count). The van der Waals surface area contributed by atoms with Crippen LogP contribution in [0.1, 0.15) is 29.3 Å². The second-order valence-corrected chi connectivity index (χ2v) is 6.39. The fraction of sp³-hybridized carbons (Fsp3) is 0.500. The molecule has 2 aromatic heterocycles. The second kappa shape index (κ2) is 7.93. The minimum absolute atomic E-state index is 0.140. The zero-order valence-electron chi connectivity index (χ0n) is 13.3. The Balaban J connectivity index is 2.08. The molecule has 2 heterocycles. The van der Waals surface area contributed by atoms with Crippen LogP contribution in [0, 0.1) is 5.92 Å². The molecule has 0 aromatic carbocycles. The van der Waals surface area contributed by atoms with Gasteiger partial charge in [-0.15, -0.1) is 10.2 Å². The van der Waals surface area contributed by atoms with Crippen LogP contribution >= 0.6 is 11.3 Å². The SMILES string of the molecule is COCCn1nc(C(=O)Nc2nnc(CC(C)C)s2)ccc1=O. The van der Waals surface area contributed by atoms with Crippen molar-refractivity contribution in [3.8, 4) is 0 Å². The maximum absolute atomic E-state index is 12.2. The lowest BCUT2D eigenvalue weighted by Crippen LogP contribution is -2.27. The zero-order valence-corrected chi connectivity index (χ0v) is 14.1. The molecule has 0 saturated heterocycles. The fourth-order valence-corrected chi connectivity index (χ4v) is 2.75. The first-order valence-corrected chi connectivity index (χ1v) is 8.02. The normalized spacial score (nSPS) is 11.0. The quantitative estimate of drug-likeness (QED) is 0.815. The van der Waals surface area contributed by atoms with Crippen molar-refractivity contribution in [1.82, 2.24) is 20.0 Å². The molecule has 0 saturated carbocycles. The molecule has 1 amide bonds. The first kappa shape index (κ1) is 17.2. The van der Waals surface area contributed by atoms with Crippen molar-refractivity contribution < 1.29 is 9.53 Å². The number of amides is 1. The molecule has 0 atom stereocenters. The summed E-state index contributed by atoms with van der Waals surface area (Å²) in [4.78, 5) is 23.9. The first-order valence-electron chi connectivity index (χ1n) is 7.20. The Morgan fingerprint density at radius 3 is 2.87 bits per heavy atom. The summed E-state index contributed by atoms with van der Waals surface area (Å²) in [5.41, 5.74) is -0.143. The van der Waals surface area contributed by atoms with Gasteiger partial charge in [-0.05, 0) is 12.0 Å². The Morgan fingerprint density at radius 1 is 1.39 bits per heavy atom. The van der Waals surface area contributed by atoms with Gasteiger partial charge in [-0.1, -0.05) is 25.2 Å². The second-order valence-electron chi connectivity index (χ2n) is 5.33. The third-order valence-corrected chi connectivity index (χ3v) is 3.74. The van der Waals surface area contributed by atoms with Crippen molar-refractivity contribution in [2.75, 3.05) is 19.0 Å². The molecule has 0 spiro atoms. The van der Waals surface area contributed by atoms with Crippen LogP contribution in [0.2, 0.25) is 0 Å². The van der Waals surface area contributed by atoms with Crippen molar-refractivity contribution >= 4 is 22.4 Å². The van der Waals surface area contributed by atoms with Crippen LogP contribution in [0.25, 0.3) is 0 Å². The van der Waals surface area contributed by atoms with Crippen LogP contribution in [0.3, 0.4) is 0 Å². The smallest absolute Gasteiger partial charge is 0.277 e. The number of ether oxygens (including phenoxy) is 1. The number of hydrogen-bond acceptors (Lipinski definition) is 7. The van der Waals surface area contributed by atoms with Crippen LogP contribution in [0.4, 0.5) is 5.13 Å². The topological polar surface area (TPSA) is 99.0 Å². The van der Waals surface area contributed by atoms with E-state index in [9.17, 15) is 9.59 Å². The number of carbonyl (C=O) groups excluding carboxylic acids is 1. The van der Waals surface area contributed by atoms with Crippen LogP contribution in [-0.2, 0) is 17.7 Å². The van der Waals surface area contributed by atoms with Gasteiger partial charge in [0.1, 0.15) is 10.7 Å². The summed E-state index contributed by atoms with van der Waals surface area (Å²) in [6.07, 6.45) is 0.813. The van der Waals surface area contributed by atoms with Gasteiger partial charge >= 0.3 is 0 Å². The van der Waals surface area contributed by atoms with E-state index >= 15 is 0 Å². The lowest BCUT2D eigenvalue weighted by Gasteiger charge is -2.05. The number of aromatic nitrogens is 4. The van der Waals surface area contributed by atoms with Gasteiger partial charge in [-0.2, -0.15) is 5.10 Å². The number of hydrogen-bond donors (Lipinski definition) is 1. The Morgan fingerprint density at radius 2 is 2.17 bits per heavy atom. The monoisotopic (exact) mass is 337 g/mol. The largest absolute Gasteiger partial charge is 0.383 e. The Bertz CT molecular complexity index is 725. The lowest BCUT2D eigenvalue weighted by atomic mass is 10.1. The maximum atomic E-state index is 12.2. The van der Waals surface area contributed by atoms with Gasteiger partial charge in [0.05, 0.1) is 13.2 Å². The van der Waals surface area contributed by atoms with Gasteiger partial charge in [-0.3, -0.25) is 14.9 Å². The average molecular weight is 337 g/mol. The predicted molar refractivity (Wildman–Crippen MR) is 86.8 cm³/mol. The number of carbonyl (C=O) groups is 1. The summed E-state index contributed by atoms with van der Waals surface area (Å²) in [6.45, 7) is 4.81. The maximum Gasteiger partial charge on any atom is 0.277 e. The summed E-state index contributed by atoms with van der Waals surface area (Å²) in [7, 11) is 1.53. The van der Waals surface area contributed by atoms with Crippen LogP contribution in [0.15, 0.2) is 16.9 Å². The molecule has 2 aromatic rings. The predicted octanol–water partition coefficient (Wildman–Crippen LogP) is 1.19. The van der Waals surface area contributed by atoms with E-state index in [1.165, 1.54) is 35.3 Å². The number of methoxy groups -OCH3 is 1. The van der Waals surface area contributed by atoms with Crippen molar-refractivity contribution in [2.45, 2.75) is 26.8 Å². The molecular weight excluding hydrogens is 318 g/mol. The minimum atomic E-state index is -0.427. The van der Waals surface area contributed by atoms with Crippen molar-refractivity contribution in [3.05, 3.63) is 33.2 Å². The molecule has 0 unspecified atom stereocenters. The van der Waals surface area contributed by atoms with E-state index in [1.807, 2.05) is 0 Å². The molecule has 0 aliphatic heterocycles. The molecule has 0 aliphatic carbocycles. The Kier molecular flexibility index (Phi) is 5.94. The molecule has 0 fully saturated rings. The van der Waals surface area contributed by atoms with Gasteiger partial charge < -0.3 is 4.74 Å². The van der Waals surface area contributed by atoms with Crippen molar-refractivity contribution in [3.63, 3.8) is 0 Å². The van der Waals surface area contributed by atoms with Crippen LogP contribution in [-0.4, -0.2) is 39.6 Å².